The molecule has 0 aliphatic heterocycles. The summed E-state index contributed by atoms with van der Waals surface area (Å²) in [6.07, 6.45) is -6.58. The molecule has 0 N–H and O–H groups in total. The van der Waals surface area contributed by atoms with Crippen molar-refractivity contribution in [2.75, 3.05) is 0 Å². The largest absolute Gasteiger partial charge is 0.567 e. The summed E-state index contributed by atoms with van der Waals surface area (Å²) in [5, 5.41) is 10.1. The van der Waals surface area contributed by atoms with E-state index in [1.54, 1.807) is 0 Å². The average molecular weight is 226 g/mol. The molecule has 0 aliphatic rings. The Balaban J connectivity index is 5.45. The first kappa shape index (κ1) is 12.6. The summed E-state index contributed by atoms with van der Waals surface area (Å²) in [6, 6.07) is 0. The van der Waals surface area contributed by atoms with Crippen molar-refractivity contribution in [1.82, 2.24) is 0 Å². The smallest absolute Gasteiger partial charge is 0.259 e. The van der Waals surface area contributed by atoms with Crippen molar-refractivity contribution in [3.8, 4) is 0 Å². The Morgan fingerprint density at radius 3 is 1.50 bits per heavy atom. The molecule has 0 aliphatic carbocycles. The van der Waals surface area contributed by atoms with Gasteiger partial charge in [0.05, 0.1) is 10.1 Å². The van der Waals surface area contributed by atoms with Crippen LogP contribution in [0.2, 0.25) is 0 Å². The van der Waals surface area contributed by atoms with Gasteiger partial charge in [0.15, 0.2) is 0 Å². The Bertz CT molecular complexity index is 264. The van der Waals surface area contributed by atoms with Crippen LogP contribution in [-0.2, 0) is 0 Å². The first-order chi connectivity index (χ1) is 6.00. The van der Waals surface area contributed by atoms with E-state index in [-0.39, 0.29) is 0 Å². The third-order valence-corrected chi connectivity index (χ3v) is 1.12. The zero-order valence-electron chi connectivity index (χ0n) is 5.89. The summed E-state index contributed by atoms with van der Waals surface area (Å²) >= 11 is 0. The Morgan fingerprint density at radius 1 is 1.07 bits per heavy atom. The Labute approximate surface area is 70.8 Å². The van der Waals surface area contributed by atoms with E-state index in [4.69, 9.17) is 0 Å². The number of rotatable bonds is 3. The second-order valence-electron chi connectivity index (χ2n) is 2.01. The van der Waals surface area contributed by atoms with Crippen molar-refractivity contribution in [2.45, 2.75) is 18.0 Å². The molecule has 0 spiro atoms. The highest BCUT2D eigenvalue weighted by molar-refractivity contribution is 4.89. The van der Waals surface area contributed by atoms with Crippen LogP contribution >= 0.6 is 0 Å². The van der Waals surface area contributed by atoms with E-state index >= 15 is 0 Å². The van der Waals surface area contributed by atoms with Gasteiger partial charge in [-0.25, -0.2) is 0 Å². The lowest BCUT2D eigenvalue weighted by Crippen LogP contribution is -2.57. The van der Waals surface area contributed by atoms with Gasteiger partial charge in [-0.2, -0.15) is 22.0 Å². The number of alkyl halides is 6. The molecule has 1 atom stereocenters. The molecule has 0 saturated carbocycles. The Kier molecular flexibility index (Phi) is 2.75. The van der Waals surface area contributed by atoms with Crippen LogP contribution in [0.4, 0.5) is 26.3 Å². The highest BCUT2D eigenvalue weighted by Gasteiger charge is 2.82. The van der Waals surface area contributed by atoms with Crippen LogP contribution in [0, 0.1) is 15.0 Å². The normalized spacial score (nSPS) is 17.3. The van der Waals surface area contributed by atoms with Crippen molar-refractivity contribution in [3.63, 3.8) is 0 Å². The molecule has 0 aromatic carbocycles. The van der Waals surface area contributed by atoms with Crippen LogP contribution in [0.1, 0.15) is 0 Å². The topological polar surface area (TPSA) is 72.6 Å². The number of nitroso groups, excluding NO2 is 1. The number of nitro groups is 1. The lowest BCUT2D eigenvalue weighted by molar-refractivity contribution is -0.648. The van der Waals surface area contributed by atoms with E-state index < -0.39 is 22.9 Å². The molecule has 0 bridgehead atoms. The third kappa shape index (κ3) is 1.48. The second kappa shape index (κ2) is 3.06. The molecule has 0 rings (SSSR count). The van der Waals surface area contributed by atoms with Crippen molar-refractivity contribution in [3.05, 3.63) is 15.0 Å². The van der Waals surface area contributed by atoms with Crippen molar-refractivity contribution >= 4 is 0 Å². The van der Waals surface area contributed by atoms with Gasteiger partial charge in [0, 0.05) is 0 Å². The van der Waals surface area contributed by atoms with Crippen molar-refractivity contribution < 1.29 is 31.3 Å². The van der Waals surface area contributed by atoms with Gasteiger partial charge in [0.25, 0.3) is 0 Å². The van der Waals surface area contributed by atoms with Crippen LogP contribution in [0.25, 0.3) is 0 Å². The highest BCUT2D eigenvalue weighted by Crippen LogP contribution is 2.46. The van der Waals surface area contributed by atoms with Gasteiger partial charge in [-0.05, 0) is 0 Å². The van der Waals surface area contributed by atoms with Crippen LogP contribution in [0.5, 0.6) is 0 Å². The quantitative estimate of drug-likeness (QED) is 0.242. The zero-order valence-corrected chi connectivity index (χ0v) is 5.89. The summed E-state index contributed by atoms with van der Waals surface area (Å²) in [4.78, 5) is 16.1. The third-order valence-electron chi connectivity index (χ3n) is 1.12. The van der Waals surface area contributed by atoms with E-state index in [0.717, 1.165) is 0 Å². The molecular formula is C3F6N2O3. The molecule has 82 valence electrons. The van der Waals surface area contributed by atoms with Crippen molar-refractivity contribution in [2.24, 2.45) is 5.18 Å². The molecular weight excluding hydrogens is 226 g/mol. The minimum atomic E-state index is -6.58. The first-order valence-electron chi connectivity index (χ1n) is 2.63. The van der Waals surface area contributed by atoms with Crippen LogP contribution < -0.4 is 0 Å². The maximum atomic E-state index is 12.3. The maximum absolute atomic E-state index is 12.3. The molecule has 0 fully saturated rings. The second-order valence-corrected chi connectivity index (χ2v) is 2.01. The molecule has 1 unspecified atom stereocenters. The monoisotopic (exact) mass is 226 g/mol. The summed E-state index contributed by atoms with van der Waals surface area (Å²) < 4.78 is 70.4. The summed E-state index contributed by atoms with van der Waals surface area (Å²) in [7, 11) is 0. The van der Waals surface area contributed by atoms with Crippen LogP contribution in [-0.4, -0.2) is 22.9 Å². The predicted octanol–water partition coefficient (Wildman–Crippen LogP) is 1.85. The van der Waals surface area contributed by atoms with E-state index in [0.29, 0.717) is 5.18 Å². The maximum Gasteiger partial charge on any atom is 0.567 e. The lowest BCUT2D eigenvalue weighted by Gasteiger charge is -2.21. The molecule has 0 heterocycles. The molecule has 11 heteroatoms. The standard InChI is InChI=1S/C3F6N2O3/c4-1(5,2(6,7)8)3(9,10-12)11(13)14. The number of nitrogens with zero attached hydrogens (tertiary/aromatic N) is 2. The molecule has 5 nitrogen and oxygen atoms in total. The predicted molar refractivity (Wildman–Crippen MR) is 27.6 cm³/mol. The summed E-state index contributed by atoms with van der Waals surface area (Å²) in [5.74, 6) is -12.2. The average Bonchev–Trinajstić information content (AvgIpc) is 2.00. The Morgan fingerprint density at radius 2 is 1.43 bits per heavy atom. The molecule has 0 aromatic rings. The fraction of sp³-hybridized carbons (Fsp3) is 1.00. The molecule has 0 saturated heterocycles. The van der Waals surface area contributed by atoms with Gasteiger partial charge >= 0.3 is 18.0 Å². The van der Waals surface area contributed by atoms with Crippen molar-refractivity contribution in [1.29, 1.82) is 0 Å². The number of hydrogen-bond donors (Lipinski definition) is 0. The van der Waals surface area contributed by atoms with Gasteiger partial charge in [0.2, 0.25) is 0 Å². The fourth-order valence-corrected chi connectivity index (χ4v) is 0.386. The fourth-order valence-electron chi connectivity index (χ4n) is 0.386. The zero-order chi connectivity index (χ0) is 11.8. The number of hydrogen-bond acceptors (Lipinski definition) is 4. The van der Waals surface area contributed by atoms with Gasteiger partial charge in [-0.1, -0.05) is 0 Å². The van der Waals surface area contributed by atoms with Gasteiger partial charge in [-0.3, -0.25) is 10.1 Å². The van der Waals surface area contributed by atoms with E-state index in [1.165, 1.54) is 0 Å². The minimum absolute atomic E-state index is 0.572. The van der Waals surface area contributed by atoms with E-state index in [1.807, 2.05) is 0 Å². The highest BCUT2D eigenvalue weighted by atomic mass is 19.4. The summed E-state index contributed by atoms with van der Waals surface area (Å²) in [5.41, 5.74) is 0. The van der Waals surface area contributed by atoms with Gasteiger partial charge in [0.1, 0.15) is 0 Å². The Hall–Kier alpha value is -1.42. The molecule has 14 heavy (non-hydrogen) atoms. The lowest BCUT2D eigenvalue weighted by atomic mass is 10.2. The summed E-state index contributed by atoms with van der Waals surface area (Å²) in [6.45, 7) is 0. The molecule has 0 aromatic heterocycles. The van der Waals surface area contributed by atoms with Gasteiger partial charge in [-0.15, -0.1) is 9.30 Å². The SMILES string of the molecule is O=NC(F)([N+](=O)[O-])C(F)(F)C(F)(F)F. The number of halogens is 6. The van der Waals surface area contributed by atoms with Crippen LogP contribution in [0.15, 0.2) is 5.18 Å². The molecule has 0 radical (unpaired) electrons. The minimum Gasteiger partial charge on any atom is -0.259 e. The van der Waals surface area contributed by atoms with E-state index in [2.05, 4.69) is 0 Å². The van der Waals surface area contributed by atoms with Gasteiger partial charge < -0.3 is 0 Å². The first-order valence-corrected chi connectivity index (χ1v) is 2.63. The van der Waals surface area contributed by atoms with Crippen LogP contribution in [0.3, 0.4) is 0 Å². The molecule has 0 amide bonds. The van der Waals surface area contributed by atoms with E-state index in [9.17, 15) is 41.4 Å².